The van der Waals surface area contributed by atoms with Crippen molar-refractivity contribution < 1.29 is 4.74 Å². The zero-order valence-electron chi connectivity index (χ0n) is 5.78. The molecule has 10 heavy (non-hydrogen) atoms. The summed E-state index contributed by atoms with van der Waals surface area (Å²) in [5, 5.41) is 0. The minimum atomic E-state index is -0.0162. The van der Waals surface area contributed by atoms with Crippen LogP contribution >= 0.6 is 11.3 Å². The van der Waals surface area contributed by atoms with Gasteiger partial charge in [0.15, 0.2) is 0 Å². The molecule has 1 unspecified atom stereocenters. The summed E-state index contributed by atoms with van der Waals surface area (Å²) >= 11 is 1.55. The van der Waals surface area contributed by atoms with E-state index in [-0.39, 0.29) is 6.04 Å². The van der Waals surface area contributed by atoms with Crippen LogP contribution in [-0.2, 0) is 4.74 Å². The van der Waals surface area contributed by atoms with Crippen LogP contribution in [-0.4, -0.2) is 18.7 Å². The Labute approximate surface area is 63.8 Å². The van der Waals surface area contributed by atoms with Gasteiger partial charge in [-0.25, -0.2) is 0 Å². The number of rotatable bonds is 3. The largest absolute Gasteiger partial charge is 0.383 e. The molecular formula is C6H10N2OS. The van der Waals surface area contributed by atoms with Gasteiger partial charge in [-0.05, 0) is 0 Å². The maximum Gasteiger partial charge on any atom is 0.0794 e. The summed E-state index contributed by atoms with van der Waals surface area (Å²) in [5.74, 6) is 0. The molecule has 0 aliphatic carbocycles. The third kappa shape index (κ3) is 1.76. The molecule has 0 aliphatic rings. The van der Waals surface area contributed by atoms with E-state index in [9.17, 15) is 0 Å². The van der Waals surface area contributed by atoms with Crippen molar-refractivity contribution in [2.75, 3.05) is 13.7 Å². The Hall–Kier alpha value is -0.450. The Balaban J connectivity index is 2.50. The molecule has 2 N–H and O–H groups in total. The predicted octanol–water partition coefficient (Wildman–Crippen LogP) is 0.789. The highest BCUT2D eigenvalue weighted by molar-refractivity contribution is 7.09. The maximum atomic E-state index is 5.70. The highest BCUT2D eigenvalue weighted by Gasteiger charge is 2.05. The molecule has 0 aliphatic heterocycles. The second-order valence-corrected chi connectivity index (χ2v) is 2.88. The van der Waals surface area contributed by atoms with Crippen LogP contribution < -0.4 is 5.73 Å². The number of hydrogen-bond acceptors (Lipinski definition) is 4. The quantitative estimate of drug-likeness (QED) is 0.707. The molecule has 4 heteroatoms. The first-order chi connectivity index (χ1) is 4.84. The fourth-order valence-corrected chi connectivity index (χ4v) is 1.28. The van der Waals surface area contributed by atoms with Crippen molar-refractivity contribution in [2.45, 2.75) is 6.04 Å². The van der Waals surface area contributed by atoms with Crippen molar-refractivity contribution in [3.8, 4) is 0 Å². The summed E-state index contributed by atoms with van der Waals surface area (Å²) in [4.78, 5) is 4.98. The van der Waals surface area contributed by atoms with Gasteiger partial charge in [-0.3, -0.25) is 4.98 Å². The van der Waals surface area contributed by atoms with E-state index in [1.54, 1.807) is 30.2 Å². The summed E-state index contributed by atoms with van der Waals surface area (Å²) in [6, 6.07) is -0.0162. The first-order valence-electron chi connectivity index (χ1n) is 2.97. The van der Waals surface area contributed by atoms with Crippen LogP contribution in [0.5, 0.6) is 0 Å². The van der Waals surface area contributed by atoms with Crippen molar-refractivity contribution in [2.24, 2.45) is 5.73 Å². The van der Waals surface area contributed by atoms with Gasteiger partial charge in [0.1, 0.15) is 0 Å². The fraction of sp³-hybridized carbons (Fsp3) is 0.500. The molecule has 0 aromatic carbocycles. The molecule has 0 spiro atoms. The Morgan fingerprint density at radius 3 is 3.20 bits per heavy atom. The van der Waals surface area contributed by atoms with Crippen LogP contribution in [0.3, 0.4) is 0 Å². The molecule has 0 radical (unpaired) electrons. The molecule has 3 nitrogen and oxygen atoms in total. The average Bonchev–Trinajstić information content (AvgIpc) is 2.38. The lowest BCUT2D eigenvalue weighted by molar-refractivity contribution is 0.182. The van der Waals surface area contributed by atoms with Gasteiger partial charge in [0, 0.05) is 18.2 Å². The summed E-state index contributed by atoms with van der Waals surface area (Å²) in [6.07, 6.45) is 1.77. The van der Waals surface area contributed by atoms with Gasteiger partial charge in [-0.2, -0.15) is 0 Å². The molecule has 1 atom stereocenters. The van der Waals surface area contributed by atoms with Gasteiger partial charge in [0.05, 0.1) is 18.2 Å². The fourth-order valence-electron chi connectivity index (χ4n) is 0.670. The minimum absolute atomic E-state index is 0.0162. The summed E-state index contributed by atoms with van der Waals surface area (Å²) in [7, 11) is 1.64. The Bertz CT molecular complexity index is 176. The number of nitrogens with zero attached hydrogens (tertiary/aromatic N) is 1. The Morgan fingerprint density at radius 2 is 2.70 bits per heavy atom. The maximum absolute atomic E-state index is 5.70. The monoisotopic (exact) mass is 158 g/mol. The van der Waals surface area contributed by atoms with E-state index in [2.05, 4.69) is 4.98 Å². The molecular weight excluding hydrogens is 148 g/mol. The highest BCUT2D eigenvalue weighted by atomic mass is 32.1. The van der Waals surface area contributed by atoms with Crippen molar-refractivity contribution in [3.05, 3.63) is 16.6 Å². The van der Waals surface area contributed by atoms with E-state index < -0.39 is 0 Å². The lowest BCUT2D eigenvalue weighted by Crippen LogP contribution is -2.14. The lowest BCUT2D eigenvalue weighted by atomic mass is 10.3. The third-order valence-electron chi connectivity index (χ3n) is 1.16. The molecule has 0 bridgehead atoms. The predicted molar refractivity (Wildman–Crippen MR) is 40.9 cm³/mol. The van der Waals surface area contributed by atoms with Gasteiger partial charge >= 0.3 is 0 Å². The van der Waals surface area contributed by atoms with E-state index in [4.69, 9.17) is 10.5 Å². The smallest absolute Gasteiger partial charge is 0.0794 e. The molecule has 1 aromatic heterocycles. The van der Waals surface area contributed by atoms with Crippen LogP contribution in [0.15, 0.2) is 11.7 Å². The molecule has 0 saturated carbocycles. The summed E-state index contributed by atoms with van der Waals surface area (Å²) in [5.41, 5.74) is 7.46. The molecule has 0 amide bonds. The topological polar surface area (TPSA) is 48.1 Å². The van der Waals surface area contributed by atoms with Crippen molar-refractivity contribution in [1.82, 2.24) is 4.98 Å². The van der Waals surface area contributed by atoms with Gasteiger partial charge in [-0.1, -0.05) is 0 Å². The number of aromatic nitrogens is 1. The normalized spacial score (nSPS) is 13.4. The molecule has 56 valence electrons. The van der Waals surface area contributed by atoms with Crippen LogP contribution in [0.25, 0.3) is 0 Å². The van der Waals surface area contributed by atoms with Gasteiger partial charge in [0.2, 0.25) is 0 Å². The average molecular weight is 158 g/mol. The van der Waals surface area contributed by atoms with E-state index in [1.165, 1.54) is 0 Å². The number of thiazole rings is 1. The third-order valence-corrected chi connectivity index (χ3v) is 2.07. The van der Waals surface area contributed by atoms with E-state index in [0.717, 1.165) is 4.88 Å². The van der Waals surface area contributed by atoms with Crippen molar-refractivity contribution in [3.63, 3.8) is 0 Å². The second-order valence-electron chi connectivity index (χ2n) is 1.97. The van der Waals surface area contributed by atoms with Gasteiger partial charge < -0.3 is 10.5 Å². The van der Waals surface area contributed by atoms with Crippen molar-refractivity contribution in [1.29, 1.82) is 0 Å². The zero-order valence-corrected chi connectivity index (χ0v) is 6.60. The Morgan fingerprint density at radius 1 is 1.90 bits per heavy atom. The standard InChI is InChI=1S/C6H10N2OS/c1-9-3-5(7)6-2-8-4-10-6/h2,4-5H,3,7H2,1H3. The molecule has 0 fully saturated rings. The number of methoxy groups -OCH3 is 1. The zero-order chi connectivity index (χ0) is 7.40. The lowest BCUT2D eigenvalue weighted by Gasteiger charge is -2.05. The molecule has 1 heterocycles. The number of nitrogens with two attached hydrogens (primary N) is 1. The van der Waals surface area contributed by atoms with Crippen LogP contribution in [0, 0.1) is 0 Å². The second kappa shape index (κ2) is 3.65. The van der Waals surface area contributed by atoms with Crippen LogP contribution in [0.4, 0.5) is 0 Å². The van der Waals surface area contributed by atoms with E-state index in [1.807, 2.05) is 0 Å². The first kappa shape index (κ1) is 7.65. The van der Waals surface area contributed by atoms with Gasteiger partial charge in [0.25, 0.3) is 0 Å². The summed E-state index contributed by atoms with van der Waals surface area (Å²) < 4.78 is 4.88. The van der Waals surface area contributed by atoms with Crippen LogP contribution in [0.1, 0.15) is 10.9 Å². The number of ether oxygens (including phenoxy) is 1. The minimum Gasteiger partial charge on any atom is -0.383 e. The van der Waals surface area contributed by atoms with Crippen molar-refractivity contribution >= 4 is 11.3 Å². The van der Waals surface area contributed by atoms with Gasteiger partial charge in [-0.15, -0.1) is 11.3 Å². The molecule has 1 rings (SSSR count). The molecule has 0 saturated heterocycles. The highest BCUT2D eigenvalue weighted by Crippen LogP contribution is 2.13. The Kier molecular flexibility index (Phi) is 2.80. The SMILES string of the molecule is COCC(N)c1cncs1. The van der Waals surface area contributed by atoms with Crippen LogP contribution in [0.2, 0.25) is 0 Å². The van der Waals surface area contributed by atoms with E-state index >= 15 is 0 Å². The first-order valence-corrected chi connectivity index (χ1v) is 3.85. The number of hydrogen-bond donors (Lipinski definition) is 1. The van der Waals surface area contributed by atoms with E-state index in [0.29, 0.717) is 6.61 Å². The summed E-state index contributed by atoms with van der Waals surface area (Å²) in [6.45, 7) is 0.558. The molecule has 1 aromatic rings.